The molecular formula is C14H22N2O3S. The Morgan fingerprint density at radius 3 is 2.65 bits per heavy atom. The molecule has 0 saturated carbocycles. The lowest BCUT2D eigenvalue weighted by atomic mass is 9.91. The Labute approximate surface area is 123 Å². The number of carbonyl (C=O) groups is 2. The Morgan fingerprint density at radius 2 is 2.15 bits per heavy atom. The lowest BCUT2D eigenvalue weighted by Crippen LogP contribution is -2.48. The first-order valence-corrected chi connectivity index (χ1v) is 7.56. The van der Waals surface area contributed by atoms with Gasteiger partial charge in [-0.05, 0) is 17.9 Å². The molecule has 0 fully saturated rings. The number of thiophene rings is 1. The first kappa shape index (κ1) is 16.5. The van der Waals surface area contributed by atoms with E-state index in [2.05, 4.69) is 10.6 Å². The summed E-state index contributed by atoms with van der Waals surface area (Å²) in [5.41, 5.74) is -0.172. The Bertz CT molecular complexity index is 443. The van der Waals surface area contributed by atoms with E-state index in [1.165, 1.54) is 4.88 Å². The van der Waals surface area contributed by atoms with Crippen molar-refractivity contribution in [2.45, 2.75) is 45.1 Å². The van der Waals surface area contributed by atoms with Crippen LogP contribution in [-0.2, 0) is 10.2 Å². The molecule has 2 amide bonds. The quantitative estimate of drug-likeness (QED) is 0.724. The van der Waals surface area contributed by atoms with Crippen LogP contribution in [0.3, 0.4) is 0 Å². The number of urea groups is 1. The molecule has 0 saturated heterocycles. The van der Waals surface area contributed by atoms with Gasteiger partial charge < -0.3 is 15.7 Å². The van der Waals surface area contributed by atoms with E-state index in [1.807, 2.05) is 38.3 Å². The average Bonchev–Trinajstić information content (AvgIpc) is 2.90. The van der Waals surface area contributed by atoms with E-state index in [0.29, 0.717) is 19.4 Å². The zero-order valence-electron chi connectivity index (χ0n) is 12.1. The molecule has 0 radical (unpaired) electrons. The average molecular weight is 298 g/mol. The molecule has 0 aliphatic heterocycles. The molecule has 0 aliphatic rings. The van der Waals surface area contributed by atoms with Crippen molar-refractivity contribution < 1.29 is 14.7 Å². The van der Waals surface area contributed by atoms with Crippen molar-refractivity contribution in [2.75, 3.05) is 6.54 Å². The van der Waals surface area contributed by atoms with Crippen molar-refractivity contribution in [3.8, 4) is 0 Å². The Kier molecular flexibility index (Phi) is 6.01. The first-order valence-electron chi connectivity index (χ1n) is 6.68. The second-order valence-corrected chi connectivity index (χ2v) is 6.32. The van der Waals surface area contributed by atoms with Gasteiger partial charge in [-0.25, -0.2) is 9.59 Å². The van der Waals surface area contributed by atoms with Gasteiger partial charge in [0.15, 0.2) is 0 Å². The van der Waals surface area contributed by atoms with E-state index in [9.17, 15) is 9.59 Å². The maximum Gasteiger partial charge on any atom is 0.326 e. The van der Waals surface area contributed by atoms with Crippen LogP contribution in [0.15, 0.2) is 17.5 Å². The van der Waals surface area contributed by atoms with E-state index in [0.717, 1.165) is 0 Å². The van der Waals surface area contributed by atoms with Crippen molar-refractivity contribution in [3.63, 3.8) is 0 Å². The van der Waals surface area contributed by atoms with Gasteiger partial charge in [0.2, 0.25) is 0 Å². The van der Waals surface area contributed by atoms with Gasteiger partial charge in [-0.15, -0.1) is 11.3 Å². The van der Waals surface area contributed by atoms with Gasteiger partial charge in [-0.1, -0.05) is 33.3 Å². The van der Waals surface area contributed by atoms with Crippen LogP contribution in [0.4, 0.5) is 4.79 Å². The monoisotopic (exact) mass is 298 g/mol. The molecule has 0 aromatic carbocycles. The number of aliphatic carboxylic acids is 1. The largest absolute Gasteiger partial charge is 0.480 e. The smallest absolute Gasteiger partial charge is 0.326 e. The molecule has 3 N–H and O–H groups in total. The molecule has 1 atom stereocenters. The normalized spacial score (nSPS) is 12.8. The number of amides is 2. The molecule has 1 heterocycles. The van der Waals surface area contributed by atoms with Gasteiger partial charge in [-0.3, -0.25) is 0 Å². The summed E-state index contributed by atoms with van der Waals surface area (Å²) in [6.45, 7) is 6.42. The van der Waals surface area contributed by atoms with Crippen molar-refractivity contribution >= 4 is 23.3 Å². The van der Waals surface area contributed by atoms with E-state index in [4.69, 9.17) is 5.11 Å². The summed E-state index contributed by atoms with van der Waals surface area (Å²) in [5.74, 6) is -1.00. The Morgan fingerprint density at radius 1 is 1.45 bits per heavy atom. The maximum atomic E-state index is 11.8. The van der Waals surface area contributed by atoms with Crippen LogP contribution >= 0.6 is 11.3 Å². The second kappa shape index (κ2) is 7.28. The molecule has 112 valence electrons. The zero-order chi connectivity index (χ0) is 15.2. The van der Waals surface area contributed by atoms with Gasteiger partial charge in [-0.2, -0.15) is 0 Å². The number of carboxylic acid groups (broad SMARTS) is 1. The molecule has 0 aliphatic carbocycles. The molecule has 1 aromatic heterocycles. The molecule has 20 heavy (non-hydrogen) atoms. The predicted octanol–water partition coefficient (Wildman–Crippen LogP) is 2.58. The van der Waals surface area contributed by atoms with Gasteiger partial charge in [0.05, 0.1) is 0 Å². The summed E-state index contributed by atoms with van der Waals surface area (Å²) < 4.78 is 0. The highest BCUT2D eigenvalue weighted by molar-refractivity contribution is 7.10. The van der Waals surface area contributed by atoms with Crippen LogP contribution < -0.4 is 10.6 Å². The highest BCUT2D eigenvalue weighted by Crippen LogP contribution is 2.26. The van der Waals surface area contributed by atoms with Crippen LogP contribution in [0.5, 0.6) is 0 Å². The second-order valence-electron chi connectivity index (χ2n) is 5.37. The molecule has 1 aromatic rings. The topological polar surface area (TPSA) is 78.4 Å². The summed E-state index contributed by atoms with van der Waals surface area (Å²) >= 11 is 1.64. The summed E-state index contributed by atoms with van der Waals surface area (Å²) in [4.78, 5) is 23.9. The number of nitrogens with one attached hydrogen (secondary N) is 2. The van der Waals surface area contributed by atoms with Crippen LogP contribution in [-0.4, -0.2) is 29.7 Å². The van der Waals surface area contributed by atoms with Crippen LogP contribution in [0, 0.1) is 0 Å². The summed E-state index contributed by atoms with van der Waals surface area (Å²) in [6, 6.07) is 2.74. The summed E-state index contributed by atoms with van der Waals surface area (Å²) in [5, 5.41) is 16.2. The predicted molar refractivity (Wildman–Crippen MR) is 80.2 cm³/mol. The van der Waals surface area contributed by atoms with Crippen LogP contribution in [0.25, 0.3) is 0 Å². The number of carbonyl (C=O) groups excluding carboxylic acids is 1. The number of hydrogen-bond donors (Lipinski definition) is 3. The van der Waals surface area contributed by atoms with Gasteiger partial charge >= 0.3 is 12.0 Å². The lowest BCUT2D eigenvalue weighted by molar-refractivity contribution is -0.139. The third-order valence-electron chi connectivity index (χ3n) is 3.06. The third-order valence-corrected chi connectivity index (χ3v) is 4.30. The fourth-order valence-corrected chi connectivity index (χ4v) is 2.66. The van der Waals surface area contributed by atoms with E-state index >= 15 is 0 Å². The van der Waals surface area contributed by atoms with Gasteiger partial charge in [0.1, 0.15) is 6.04 Å². The van der Waals surface area contributed by atoms with Crippen molar-refractivity contribution in [2.24, 2.45) is 0 Å². The summed E-state index contributed by atoms with van der Waals surface area (Å²) in [6.07, 6.45) is 1.13. The van der Waals surface area contributed by atoms with Crippen molar-refractivity contribution in [3.05, 3.63) is 22.4 Å². The Balaban J connectivity index is 2.48. The number of rotatable bonds is 7. The summed E-state index contributed by atoms with van der Waals surface area (Å²) in [7, 11) is 0. The van der Waals surface area contributed by atoms with E-state index in [1.54, 1.807) is 11.3 Å². The molecular weight excluding hydrogens is 276 g/mol. The molecule has 0 bridgehead atoms. The zero-order valence-corrected chi connectivity index (χ0v) is 12.9. The minimum Gasteiger partial charge on any atom is -0.480 e. The lowest BCUT2D eigenvalue weighted by Gasteiger charge is -2.24. The fourth-order valence-electron chi connectivity index (χ4n) is 1.81. The van der Waals surface area contributed by atoms with Crippen molar-refractivity contribution in [1.82, 2.24) is 10.6 Å². The Hall–Kier alpha value is -1.56. The number of carboxylic acids is 1. The molecule has 0 spiro atoms. The van der Waals surface area contributed by atoms with Gasteiger partial charge in [0, 0.05) is 16.8 Å². The molecule has 0 unspecified atom stereocenters. The van der Waals surface area contributed by atoms with E-state index in [-0.39, 0.29) is 5.41 Å². The molecule has 1 rings (SSSR count). The number of hydrogen-bond acceptors (Lipinski definition) is 3. The highest BCUT2D eigenvalue weighted by atomic mass is 32.1. The molecule has 5 nitrogen and oxygen atoms in total. The van der Waals surface area contributed by atoms with Crippen LogP contribution in [0.2, 0.25) is 0 Å². The van der Waals surface area contributed by atoms with E-state index < -0.39 is 18.0 Å². The fraction of sp³-hybridized carbons (Fsp3) is 0.571. The minimum atomic E-state index is -1.00. The SMILES string of the molecule is CCC[C@H](NC(=O)NCC(C)(C)c1cccs1)C(=O)O. The van der Waals surface area contributed by atoms with Gasteiger partial charge in [0.25, 0.3) is 0 Å². The first-order chi connectivity index (χ1) is 9.36. The standard InChI is InChI=1S/C14H22N2O3S/c1-4-6-10(12(17)18)16-13(19)15-9-14(2,3)11-7-5-8-20-11/h5,7-8,10H,4,6,9H2,1-3H3,(H,17,18)(H2,15,16,19)/t10-/m0/s1. The maximum absolute atomic E-state index is 11.8. The van der Waals surface area contributed by atoms with Crippen molar-refractivity contribution in [1.29, 1.82) is 0 Å². The van der Waals surface area contributed by atoms with Crippen LogP contribution in [0.1, 0.15) is 38.5 Å². The third kappa shape index (κ3) is 4.85. The highest BCUT2D eigenvalue weighted by Gasteiger charge is 2.24. The minimum absolute atomic E-state index is 0.172. The molecule has 6 heteroatoms.